The average Bonchev–Trinajstić information content (AvgIpc) is 2.34. The SMILES string of the molecule is Cc1cc(NC(=O)Cc2cccc(N)c2)ccc1O. The highest BCUT2D eigenvalue weighted by atomic mass is 16.3. The van der Waals surface area contributed by atoms with E-state index in [2.05, 4.69) is 5.32 Å². The highest BCUT2D eigenvalue weighted by molar-refractivity contribution is 5.92. The van der Waals surface area contributed by atoms with E-state index in [-0.39, 0.29) is 18.1 Å². The van der Waals surface area contributed by atoms with Gasteiger partial charge in [0, 0.05) is 11.4 Å². The molecular formula is C15H16N2O2. The van der Waals surface area contributed by atoms with Gasteiger partial charge in [-0.15, -0.1) is 0 Å². The second kappa shape index (κ2) is 5.44. The second-order valence-electron chi connectivity index (χ2n) is 4.47. The number of nitrogens with two attached hydrogens (primary N) is 1. The molecule has 4 heteroatoms. The van der Waals surface area contributed by atoms with Crippen molar-refractivity contribution < 1.29 is 9.90 Å². The van der Waals surface area contributed by atoms with Crippen LogP contribution in [-0.2, 0) is 11.2 Å². The lowest BCUT2D eigenvalue weighted by molar-refractivity contribution is -0.115. The van der Waals surface area contributed by atoms with Gasteiger partial charge < -0.3 is 16.2 Å². The van der Waals surface area contributed by atoms with E-state index in [0.717, 1.165) is 11.1 Å². The van der Waals surface area contributed by atoms with Crippen molar-refractivity contribution in [3.63, 3.8) is 0 Å². The summed E-state index contributed by atoms with van der Waals surface area (Å²) in [6.07, 6.45) is 0.269. The lowest BCUT2D eigenvalue weighted by Crippen LogP contribution is -2.14. The minimum atomic E-state index is -0.115. The lowest BCUT2D eigenvalue weighted by atomic mass is 10.1. The zero-order valence-corrected chi connectivity index (χ0v) is 10.7. The molecule has 0 aliphatic rings. The molecule has 2 aromatic rings. The first-order valence-corrected chi connectivity index (χ1v) is 5.98. The van der Waals surface area contributed by atoms with Crippen LogP contribution >= 0.6 is 0 Å². The van der Waals surface area contributed by atoms with E-state index in [1.807, 2.05) is 12.1 Å². The number of nitrogen functional groups attached to an aromatic ring is 1. The molecule has 98 valence electrons. The third-order valence-electron chi connectivity index (χ3n) is 2.80. The predicted molar refractivity (Wildman–Crippen MR) is 76.0 cm³/mol. The Bertz CT molecular complexity index is 609. The van der Waals surface area contributed by atoms with Crippen molar-refractivity contribution in [1.82, 2.24) is 0 Å². The van der Waals surface area contributed by atoms with Crippen molar-refractivity contribution in [2.24, 2.45) is 0 Å². The van der Waals surface area contributed by atoms with Crippen LogP contribution in [0.4, 0.5) is 11.4 Å². The van der Waals surface area contributed by atoms with E-state index < -0.39 is 0 Å². The zero-order valence-electron chi connectivity index (χ0n) is 10.7. The molecule has 4 nitrogen and oxygen atoms in total. The van der Waals surface area contributed by atoms with Gasteiger partial charge in [0.25, 0.3) is 0 Å². The van der Waals surface area contributed by atoms with E-state index >= 15 is 0 Å². The van der Waals surface area contributed by atoms with Gasteiger partial charge in [-0.3, -0.25) is 4.79 Å². The maximum atomic E-state index is 11.9. The molecule has 0 atom stereocenters. The molecule has 0 unspecified atom stereocenters. The molecule has 0 saturated carbocycles. The molecule has 19 heavy (non-hydrogen) atoms. The van der Waals surface area contributed by atoms with Crippen LogP contribution in [0.2, 0.25) is 0 Å². The van der Waals surface area contributed by atoms with Crippen molar-refractivity contribution in [3.8, 4) is 5.75 Å². The summed E-state index contributed by atoms with van der Waals surface area (Å²) in [5.74, 6) is 0.101. The number of phenols is 1. The molecule has 0 bridgehead atoms. The van der Waals surface area contributed by atoms with E-state index in [4.69, 9.17) is 5.73 Å². The standard InChI is InChI=1S/C15H16N2O2/c1-10-7-13(5-6-14(10)18)17-15(19)9-11-3-2-4-12(16)8-11/h2-8,18H,9,16H2,1H3,(H,17,19). The summed E-state index contributed by atoms with van der Waals surface area (Å²) in [5.41, 5.74) is 8.57. The summed E-state index contributed by atoms with van der Waals surface area (Å²) in [7, 11) is 0. The van der Waals surface area contributed by atoms with Crippen LogP contribution in [0, 0.1) is 6.92 Å². The van der Waals surface area contributed by atoms with Crippen LogP contribution in [0.5, 0.6) is 5.75 Å². The number of rotatable bonds is 3. The fourth-order valence-corrected chi connectivity index (χ4v) is 1.83. The molecule has 0 radical (unpaired) electrons. The Balaban J connectivity index is 2.03. The Labute approximate surface area is 111 Å². The summed E-state index contributed by atoms with van der Waals surface area (Å²) in [6, 6.07) is 12.2. The normalized spacial score (nSPS) is 10.2. The molecule has 0 saturated heterocycles. The number of nitrogens with one attached hydrogen (secondary N) is 1. The number of hydrogen-bond donors (Lipinski definition) is 3. The molecule has 0 fully saturated rings. The number of aryl methyl sites for hydroxylation is 1. The minimum Gasteiger partial charge on any atom is -0.508 e. The van der Waals surface area contributed by atoms with Crippen molar-refractivity contribution in [1.29, 1.82) is 0 Å². The number of benzene rings is 2. The number of carbonyl (C=O) groups is 1. The number of anilines is 2. The Morgan fingerprint density at radius 1 is 1.26 bits per heavy atom. The van der Waals surface area contributed by atoms with Crippen LogP contribution in [0.25, 0.3) is 0 Å². The first kappa shape index (κ1) is 13.0. The molecule has 2 aromatic carbocycles. The van der Waals surface area contributed by atoms with Gasteiger partial charge in [-0.2, -0.15) is 0 Å². The summed E-state index contributed by atoms with van der Waals surface area (Å²) in [5, 5.41) is 12.2. The van der Waals surface area contributed by atoms with Crippen LogP contribution in [0.3, 0.4) is 0 Å². The van der Waals surface area contributed by atoms with E-state index in [1.165, 1.54) is 0 Å². The largest absolute Gasteiger partial charge is 0.508 e. The number of hydrogen-bond acceptors (Lipinski definition) is 3. The van der Waals surface area contributed by atoms with Crippen molar-refractivity contribution >= 4 is 17.3 Å². The van der Waals surface area contributed by atoms with Gasteiger partial charge >= 0.3 is 0 Å². The van der Waals surface area contributed by atoms with Gasteiger partial charge in [-0.25, -0.2) is 0 Å². The molecule has 0 aromatic heterocycles. The fraction of sp³-hybridized carbons (Fsp3) is 0.133. The topological polar surface area (TPSA) is 75.4 Å². The van der Waals surface area contributed by atoms with Gasteiger partial charge in [-0.1, -0.05) is 12.1 Å². The fourth-order valence-electron chi connectivity index (χ4n) is 1.83. The number of phenolic OH excluding ortho intramolecular Hbond substituents is 1. The second-order valence-corrected chi connectivity index (χ2v) is 4.47. The zero-order chi connectivity index (χ0) is 13.8. The van der Waals surface area contributed by atoms with Crippen LogP contribution in [0.15, 0.2) is 42.5 Å². The van der Waals surface area contributed by atoms with Crippen molar-refractivity contribution in [3.05, 3.63) is 53.6 Å². The summed E-state index contributed by atoms with van der Waals surface area (Å²) < 4.78 is 0. The minimum absolute atomic E-state index is 0.115. The molecule has 0 spiro atoms. The summed E-state index contributed by atoms with van der Waals surface area (Å²) >= 11 is 0. The van der Waals surface area contributed by atoms with E-state index in [0.29, 0.717) is 11.4 Å². The molecular weight excluding hydrogens is 240 g/mol. The van der Waals surface area contributed by atoms with E-state index in [9.17, 15) is 9.90 Å². The van der Waals surface area contributed by atoms with Crippen molar-refractivity contribution in [2.75, 3.05) is 11.1 Å². The predicted octanol–water partition coefficient (Wildman–Crippen LogP) is 2.46. The summed E-state index contributed by atoms with van der Waals surface area (Å²) in [4.78, 5) is 11.9. The monoisotopic (exact) mass is 256 g/mol. The van der Waals surface area contributed by atoms with Crippen LogP contribution in [0.1, 0.15) is 11.1 Å². The number of carbonyl (C=O) groups excluding carboxylic acids is 1. The smallest absolute Gasteiger partial charge is 0.228 e. The third kappa shape index (κ3) is 3.48. The molecule has 2 rings (SSSR count). The molecule has 0 heterocycles. The Kier molecular flexibility index (Phi) is 3.71. The number of aromatic hydroxyl groups is 1. The molecule has 1 amide bonds. The third-order valence-corrected chi connectivity index (χ3v) is 2.80. The first-order chi connectivity index (χ1) is 9.04. The molecule has 4 N–H and O–H groups in total. The van der Waals surface area contributed by atoms with E-state index in [1.54, 1.807) is 37.3 Å². The summed E-state index contributed by atoms with van der Waals surface area (Å²) in [6.45, 7) is 1.78. The van der Waals surface area contributed by atoms with Crippen molar-refractivity contribution in [2.45, 2.75) is 13.3 Å². The van der Waals surface area contributed by atoms with Gasteiger partial charge in [0.15, 0.2) is 0 Å². The van der Waals surface area contributed by atoms with Gasteiger partial charge in [0.05, 0.1) is 6.42 Å². The maximum Gasteiger partial charge on any atom is 0.228 e. The lowest BCUT2D eigenvalue weighted by Gasteiger charge is -2.07. The van der Waals surface area contributed by atoms with Crippen LogP contribution < -0.4 is 11.1 Å². The number of amides is 1. The highest BCUT2D eigenvalue weighted by Crippen LogP contribution is 2.20. The maximum absolute atomic E-state index is 11.9. The molecule has 0 aliphatic carbocycles. The first-order valence-electron chi connectivity index (χ1n) is 5.98. The Morgan fingerprint density at radius 2 is 2.05 bits per heavy atom. The van der Waals surface area contributed by atoms with Crippen LogP contribution in [-0.4, -0.2) is 11.0 Å². The average molecular weight is 256 g/mol. The van der Waals surface area contributed by atoms with Gasteiger partial charge in [0.1, 0.15) is 5.75 Å². The molecule has 0 aliphatic heterocycles. The Morgan fingerprint density at radius 3 is 2.74 bits per heavy atom. The Hall–Kier alpha value is -2.49. The highest BCUT2D eigenvalue weighted by Gasteiger charge is 2.05. The van der Waals surface area contributed by atoms with Gasteiger partial charge in [0.2, 0.25) is 5.91 Å². The van der Waals surface area contributed by atoms with Gasteiger partial charge in [-0.05, 0) is 48.4 Å². The quantitative estimate of drug-likeness (QED) is 0.583.